The Labute approximate surface area is 615 Å². The average Bonchev–Trinajstić information content (AvgIpc) is 0.781. The smallest absolute Gasteiger partial charge is 0.462 e. The van der Waals surface area contributed by atoms with Crippen LogP contribution < -0.4 is 5.32 Å². The quantitative estimate of drug-likeness (QED) is 0.0164. The SMILES string of the molecule is CCCCCCCCCCC[C@H](CC(=O)N[C@@H]1[C@@H](OC[C@@H](CCO)C(=O)C[C@@H](CCCCCCCCCCC)OC(=O)CCCCCCCCC)O[C@H](CO)[C@@H](OP(=O)(O)O)[C@@H]1OC(=O)C[C@@H](CCCCCCCCCCC)C(=O)CCCCCCCCC)OC(=O)CCCCCCCCC. The molecule has 1 amide bonds. The van der Waals surface area contributed by atoms with E-state index in [-0.39, 0.29) is 62.5 Å². The molecule has 0 spiro atoms. The minimum atomic E-state index is -5.50. The third kappa shape index (κ3) is 53.6. The number of carbonyl (C=O) groups is 6. The average molecular weight is 1460 g/mol. The Morgan fingerprint density at radius 1 is 0.396 bits per heavy atom. The van der Waals surface area contributed by atoms with Gasteiger partial charge in [-0.25, -0.2) is 4.57 Å². The zero-order valence-electron chi connectivity index (χ0n) is 65.4. The van der Waals surface area contributed by atoms with E-state index in [2.05, 4.69) is 46.9 Å². The maximum atomic E-state index is 14.9. The third-order valence-electron chi connectivity index (χ3n) is 20.3. The fourth-order valence-corrected chi connectivity index (χ4v) is 14.5. The lowest BCUT2D eigenvalue weighted by Crippen LogP contribution is -2.66. The monoisotopic (exact) mass is 1460 g/mol. The van der Waals surface area contributed by atoms with Crippen molar-refractivity contribution in [2.24, 2.45) is 11.8 Å². The van der Waals surface area contributed by atoms with Crippen LogP contribution in [0.2, 0.25) is 0 Å². The molecule has 9 atom stereocenters. The Hall–Kier alpha value is -2.83. The van der Waals surface area contributed by atoms with Gasteiger partial charge < -0.3 is 49.0 Å². The second kappa shape index (κ2) is 66.6. The van der Waals surface area contributed by atoms with Crippen LogP contribution in [-0.4, -0.2) is 118 Å². The predicted molar refractivity (Wildman–Crippen MR) is 406 cm³/mol. The zero-order valence-corrected chi connectivity index (χ0v) is 66.3. The number of nitrogens with one attached hydrogen (secondary N) is 1. The maximum Gasteiger partial charge on any atom is 0.470 e. The Morgan fingerprint density at radius 3 is 1.13 bits per heavy atom. The molecule has 1 fully saturated rings. The number of rotatable bonds is 74. The van der Waals surface area contributed by atoms with Crippen LogP contribution in [0.15, 0.2) is 0 Å². The van der Waals surface area contributed by atoms with Gasteiger partial charge in [-0.2, -0.15) is 0 Å². The van der Waals surface area contributed by atoms with Gasteiger partial charge >= 0.3 is 25.7 Å². The van der Waals surface area contributed by atoms with E-state index in [0.717, 1.165) is 193 Å². The van der Waals surface area contributed by atoms with Crippen LogP contribution in [0.5, 0.6) is 0 Å². The van der Waals surface area contributed by atoms with Gasteiger partial charge in [0.2, 0.25) is 5.91 Å². The number of hydrogen-bond acceptors (Lipinski definition) is 15. The van der Waals surface area contributed by atoms with Gasteiger partial charge in [0.25, 0.3) is 0 Å². The molecule has 0 aromatic heterocycles. The van der Waals surface area contributed by atoms with E-state index in [1.165, 1.54) is 83.5 Å². The third-order valence-corrected chi connectivity index (χ3v) is 20.8. The number of carbonyl (C=O) groups excluding carboxylic acids is 6. The largest absolute Gasteiger partial charge is 0.470 e. The molecule has 0 aliphatic carbocycles. The van der Waals surface area contributed by atoms with Crippen molar-refractivity contribution in [3.63, 3.8) is 0 Å². The van der Waals surface area contributed by atoms with E-state index in [1.54, 1.807) is 0 Å². The zero-order chi connectivity index (χ0) is 74.2. The standard InChI is InChI=1S/C82H154NO17P/c1-7-13-19-25-31-34-40-43-49-55-68(72(86)58-52-46-37-28-22-16-10-4)63-78(91)99-81-79(83-75(88)65-71(57-51-45-42-36-33-27-21-15-9-3)97-77(90)60-54-48-39-30-24-18-12-6)82(98-74(66-85)80(81)100-101(92,93)94)95-67-69(61-62-84)73(87)64-70(56-50-44-41-35-32-26-20-14-8-2)96-76(89)59-53-47-38-29-23-17-11-5/h68-71,74,79-82,84-85H,7-67H2,1-6H3,(H,83,88)(H2,92,93,94)/t68-,69-,70-,71-,74-,79+,80-,81-,82+/m1/s1. The van der Waals surface area contributed by atoms with Gasteiger partial charge in [0.1, 0.15) is 42.0 Å². The molecule has 5 N–H and O–H groups in total. The van der Waals surface area contributed by atoms with Gasteiger partial charge in [0, 0.05) is 44.1 Å². The number of ether oxygens (including phenoxy) is 5. The molecule has 0 radical (unpaired) electrons. The lowest BCUT2D eigenvalue weighted by Gasteiger charge is -2.45. The molecule has 0 saturated carbocycles. The molecule has 1 aliphatic rings. The van der Waals surface area contributed by atoms with Crippen LogP contribution in [0.1, 0.15) is 414 Å². The number of unbranched alkanes of at least 4 members (excludes halogenated alkanes) is 42. The van der Waals surface area contributed by atoms with E-state index in [4.69, 9.17) is 28.2 Å². The van der Waals surface area contributed by atoms with Crippen LogP contribution in [-0.2, 0) is 61.5 Å². The first-order chi connectivity index (χ1) is 49.0. The highest BCUT2D eigenvalue weighted by Gasteiger charge is 2.52. The minimum absolute atomic E-state index is 0.0803. The molecule has 1 saturated heterocycles. The first-order valence-electron chi connectivity index (χ1n) is 42.2. The van der Waals surface area contributed by atoms with E-state index in [9.17, 15) is 53.3 Å². The van der Waals surface area contributed by atoms with Crippen molar-refractivity contribution in [1.82, 2.24) is 5.32 Å². The second-order valence-electron chi connectivity index (χ2n) is 29.8. The summed E-state index contributed by atoms with van der Waals surface area (Å²) in [7, 11) is -5.50. The Bertz CT molecular complexity index is 2060. The Balaban J connectivity index is 3.90. The lowest BCUT2D eigenvalue weighted by atomic mass is 9.90. The lowest BCUT2D eigenvalue weighted by molar-refractivity contribution is -0.273. The summed E-state index contributed by atoms with van der Waals surface area (Å²) in [4.78, 5) is 107. The van der Waals surface area contributed by atoms with Crippen LogP contribution in [0.4, 0.5) is 0 Å². The Morgan fingerprint density at radius 2 is 0.752 bits per heavy atom. The molecule has 19 heteroatoms. The summed E-state index contributed by atoms with van der Waals surface area (Å²) in [5.74, 6) is -4.62. The summed E-state index contributed by atoms with van der Waals surface area (Å²) >= 11 is 0. The molecule has 0 bridgehead atoms. The Kier molecular flexibility index (Phi) is 63.4. The van der Waals surface area contributed by atoms with Crippen LogP contribution in [0, 0.1) is 11.8 Å². The van der Waals surface area contributed by atoms with Crippen LogP contribution in [0.3, 0.4) is 0 Å². The summed E-state index contributed by atoms with van der Waals surface area (Å²) < 4.78 is 49.8. The normalized spacial score (nSPS) is 17.5. The number of amides is 1. The van der Waals surface area contributed by atoms with Gasteiger partial charge in [-0.05, 0) is 57.8 Å². The molecule has 1 aliphatic heterocycles. The number of esters is 3. The first-order valence-corrected chi connectivity index (χ1v) is 43.7. The van der Waals surface area contributed by atoms with Gasteiger partial charge in [0.15, 0.2) is 12.4 Å². The molecule has 1 heterocycles. The highest BCUT2D eigenvalue weighted by molar-refractivity contribution is 7.46. The topological polar surface area (TPSA) is 268 Å². The van der Waals surface area contributed by atoms with Crippen LogP contribution >= 0.6 is 7.82 Å². The predicted octanol–water partition coefficient (Wildman–Crippen LogP) is 20.5. The van der Waals surface area contributed by atoms with Crippen molar-refractivity contribution < 1.29 is 81.5 Å². The second-order valence-corrected chi connectivity index (χ2v) is 31.0. The van der Waals surface area contributed by atoms with Crippen molar-refractivity contribution in [3.05, 3.63) is 0 Å². The summed E-state index contributed by atoms with van der Waals surface area (Å²) in [5, 5.41) is 24.5. The summed E-state index contributed by atoms with van der Waals surface area (Å²) in [5.41, 5.74) is 0. The number of hydrogen-bond donors (Lipinski definition) is 5. The number of ketones is 2. The molecule has 101 heavy (non-hydrogen) atoms. The van der Waals surface area contributed by atoms with Crippen molar-refractivity contribution in [2.45, 2.75) is 457 Å². The number of Topliss-reactive ketones (excluding diaryl/α,β-unsaturated/α-hetero) is 2. The molecule has 594 valence electrons. The van der Waals surface area contributed by atoms with Crippen molar-refractivity contribution in [1.29, 1.82) is 0 Å². The van der Waals surface area contributed by atoms with Crippen LogP contribution in [0.25, 0.3) is 0 Å². The van der Waals surface area contributed by atoms with Crippen molar-refractivity contribution in [3.8, 4) is 0 Å². The van der Waals surface area contributed by atoms with E-state index in [1.807, 2.05) is 0 Å². The molecular weight excluding hydrogens is 1300 g/mol. The number of aliphatic hydroxyl groups is 2. The minimum Gasteiger partial charge on any atom is -0.462 e. The van der Waals surface area contributed by atoms with E-state index < -0.39 is 100 Å². The molecule has 0 unspecified atom stereocenters. The highest BCUT2D eigenvalue weighted by Crippen LogP contribution is 2.43. The fraction of sp³-hybridized carbons (Fsp3) is 0.927. The van der Waals surface area contributed by atoms with Gasteiger partial charge in [0.05, 0.1) is 26.1 Å². The molecule has 0 aromatic carbocycles. The molecule has 0 aromatic rings. The fourth-order valence-electron chi connectivity index (χ4n) is 14.0. The molecular formula is C82H154NO17P. The van der Waals surface area contributed by atoms with Crippen molar-refractivity contribution >= 4 is 43.2 Å². The maximum absolute atomic E-state index is 14.9. The summed E-state index contributed by atoms with van der Waals surface area (Å²) in [6, 6.07) is -1.64. The highest BCUT2D eigenvalue weighted by atomic mass is 31.2. The summed E-state index contributed by atoms with van der Waals surface area (Å²) in [6.45, 7) is 11.3. The van der Waals surface area contributed by atoms with Gasteiger partial charge in [-0.3, -0.25) is 33.3 Å². The number of phosphoric ester groups is 1. The molecule has 18 nitrogen and oxygen atoms in total. The molecule has 1 rings (SSSR count). The van der Waals surface area contributed by atoms with Gasteiger partial charge in [-0.1, -0.05) is 318 Å². The summed E-state index contributed by atoms with van der Waals surface area (Å²) in [6.07, 6.45) is 42.2. The van der Waals surface area contributed by atoms with E-state index >= 15 is 0 Å². The van der Waals surface area contributed by atoms with Crippen molar-refractivity contribution in [2.75, 3.05) is 19.8 Å². The first kappa shape index (κ1) is 96.2. The van der Waals surface area contributed by atoms with E-state index in [0.29, 0.717) is 51.4 Å². The number of aliphatic hydroxyl groups excluding tert-OH is 2. The van der Waals surface area contributed by atoms with Gasteiger partial charge in [-0.15, -0.1) is 0 Å². The number of phosphoric acid groups is 1.